The van der Waals surface area contributed by atoms with Gasteiger partial charge in [0.1, 0.15) is 16.8 Å². The molecule has 1 spiro atoms. The minimum Gasteiger partial charge on any atom is -0.466 e. The molecule has 3 N–H and O–H groups in total. The summed E-state index contributed by atoms with van der Waals surface area (Å²) in [7, 11) is 1.19. The molecule has 1 unspecified atom stereocenters. The summed E-state index contributed by atoms with van der Waals surface area (Å²) >= 11 is 19.3. The number of esters is 1. The van der Waals surface area contributed by atoms with Crippen LogP contribution < -0.4 is 16.0 Å². The zero-order valence-corrected chi connectivity index (χ0v) is 21.9. The van der Waals surface area contributed by atoms with Crippen LogP contribution >= 0.6 is 34.8 Å². The predicted molar refractivity (Wildman–Crippen MR) is 139 cm³/mol. The Morgan fingerprint density at radius 3 is 2.53 bits per heavy atom. The third kappa shape index (κ3) is 3.30. The van der Waals surface area contributed by atoms with E-state index in [9.17, 15) is 14.4 Å². The van der Waals surface area contributed by atoms with Gasteiger partial charge in [-0.15, -0.1) is 0 Å². The Morgan fingerprint density at radius 2 is 1.83 bits per heavy atom. The van der Waals surface area contributed by atoms with Crippen molar-refractivity contribution in [3.05, 3.63) is 79.7 Å². The van der Waals surface area contributed by atoms with E-state index in [-0.39, 0.29) is 39.2 Å². The zero-order chi connectivity index (χ0) is 26.2. The summed E-state index contributed by atoms with van der Waals surface area (Å²) < 4.78 is 5.13. The van der Waals surface area contributed by atoms with E-state index in [2.05, 4.69) is 5.32 Å². The van der Waals surface area contributed by atoms with Gasteiger partial charge in [0.05, 0.1) is 22.8 Å². The minimum atomic E-state index is -1.85. The molecule has 0 aromatic heterocycles. The van der Waals surface area contributed by atoms with Gasteiger partial charge in [0.2, 0.25) is 5.91 Å². The molecule has 10 heteroatoms. The van der Waals surface area contributed by atoms with Gasteiger partial charge in [-0.1, -0.05) is 54.7 Å². The molecule has 1 amide bonds. The van der Waals surface area contributed by atoms with Crippen molar-refractivity contribution in [2.24, 2.45) is 11.1 Å². The third-order valence-electron chi connectivity index (χ3n) is 6.91. The molecule has 2 aliphatic heterocycles. The molecule has 2 aromatic carbocycles. The quantitative estimate of drug-likeness (QED) is 0.493. The Labute approximate surface area is 222 Å². The van der Waals surface area contributed by atoms with Crippen LogP contribution in [-0.2, 0) is 24.5 Å². The number of ether oxygens (including phenoxy) is 1. The van der Waals surface area contributed by atoms with Crippen LogP contribution in [-0.4, -0.2) is 24.8 Å². The Morgan fingerprint density at radius 1 is 1.11 bits per heavy atom. The molecule has 2 aromatic rings. The first-order chi connectivity index (χ1) is 16.9. The largest absolute Gasteiger partial charge is 0.466 e. The lowest BCUT2D eigenvalue weighted by Gasteiger charge is -2.47. The van der Waals surface area contributed by atoms with Crippen LogP contribution in [0, 0.1) is 5.41 Å². The number of rotatable bonds is 2. The monoisotopic (exact) mass is 545 g/mol. The maximum Gasteiger partial charge on any atom is 0.339 e. The first kappa shape index (κ1) is 24.7. The average molecular weight is 547 g/mol. The minimum absolute atomic E-state index is 0.0850. The number of Topliss-reactive ketones (excluding diaryl/α,β-unsaturated/α-hetero) is 1. The van der Waals surface area contributed by atoms with E-state index >= 15 is 0 Å². The summed E-state index contributed by atoms with van der Waals surface area (Å²) in [5, 5.41) is 3.60. The summed E-state index contributed by atoms with van der Waals surface area (Å²) in [6, 6.07) is 9.81. The van der Waals surface area contributed by atoms with Gasteiger partial charge >= 0.3 is 5.97 Å². The molecule has 7 nitrogen and oxygen atoms in total. The molecule has 1 atom stereocenters. The van der Waals surface area contributed by atoms with Crippen molar-refractivity contribution in [3.8, 4) is 0 Å². The highest BCUT2D eigenvalue weighted by molar-refractivity contribution is 6.44. The second-order valence-corrected chi connectivity index (χ2v) is 11.0. The van der Waals surface area contributed by atoms with E-state index in [0.29, 0.717) is 34.1 Å². The zero-order valence-electron chi connectivity index (χ0n) is 19.7. The number of methoxy groups -OCH3 is 1. The van der Waals surface area contributed by atoms with Crippen molar-refractivity contribution in [3.63, 3.8) is 0 Å². The molecule has 0 saturated carbocycles. The smallest absolute Gasteiger partial charge is 0.339 e. The summed E-state index contributed by atoms with van der Waals surface area (Å²) in [6.45, 7) is 3.91. The van der Waals surface area contributed by atoms with Crippen LogP contribution in [0.3, 0.4) is 0 Å². The molecule has 186 valence electrons. The molecule has 0 fully saturated rings. The van der Waals surface area contributed by atoms with E-state index in [4.69, 9.17) is 45.3 Å². The van der Waals surface area contributed by atoms with Crippen molar-refractivity contribution in [1.29, 1.82) is 0 Å². The van der Waals surface area contributed by atoms with Crippen LogP contribution in [0.25, 0.3) is 0 Å². The molecule has 1 aliphatic carbocycles. The van der Waals surface area contributed by atoms with Crippen molar-refractivity contribution >= 4 is 63.8 Å². The topological polar surface area (TPSA) is 102 Å². The molecule has 0 bridgehead atoms. The number of hydrogen-bond acceptors (Lipinski definition) is 6. The molecule has 3 aliphatic rings. The fourth-order valence-corrected chi connectivity index (χ4v) is 6.10. The van der Waals surface area contributed by atoms with Crippen molar-refractivity contribution in [2.45, 2.75) is 32.1 Å². The van der Waals surface area contributed by atoms with E-state index in [1.807, 2.05) is 13.8 Å². The SMILES string of the molecule is COC(=O)C1=C(N)N(c2cccc(Cl)c2Cl)C2=C(C(=O)CC(C)(C)C2)C12C(=O)Nc1ccc(Cl)cc12. The van der Waals surface area contributed by atoms with Crippen LogP contribution in [0.1, 0.15) is 32.3 Å². The van der Waals surface area contributed by atoms with Crippen LogP contribution in [0.2, 0.25) is 15.1 Å². The van der Waals surface area contributed by atoms with Gasteiger partial charge in [-0.05, 0) is 42.2 Å². The first-order valence-electron chi connectivity index (χ1n) is 11.1. The van der Waals surface area contributed by atoms with Crippen LogP contribution in [0.4, 0.5) is 11.4 Å². The van der Waals surface area contributed by atoms with Gasteiger partial charge in [-0.25, -0.2) is 4.79 Å². The van der Waals surface area contributed by atoms with Crippen LogP contribution in [0.5, 0.6) is 0 Å². The average Bonchev–Trinajstić information content (AvgIpc) is 3.06. The third-order valence-corrected chi connectivity index (χ3v) is 7.95. The predicted octanol–water partition coefficient (Wildman–Crippen LogP) is 5.34. The number of nitrogens with one attached hydrogen (secondary N) is 1. The highest BCUT2D eigenvalue weighted by Gasteiger charge is 2.63. The van der Waals surface area contributed by atoms with Gasteiger partial charge in [0.25, 0.3) is 0 Å². The number of carbonyl (C=O) groups excluding carboxylic acids is 3. The molecule has 36 heavy (non-hydrogen) atoms. The molecule has 0 radical (unpaired) electrons. The summed E-state index contributed by atoms with van der Waals surface area (Å²) in [4.78, 5) is 42.9. The Balaban J connectivity index is 1.96. The van der Waals surface area contributed by atoms with E-state index < -0.39 is 22.7 Å². The Kier molecular flexibility index (Phi) is 5.67. The lowest BCUT2D eigenvalue weighted by Crippen LogP contribution is -2.54. The number of nitrogens with two attached hydrogens (primary N) is 1. The molecular weight excluding hydrogens is 525 g/mol. The first-order valence-corrected chi connectivity index (χ1v) is 12.3. The summed E-state index contributed by atoms with van der Waals surface area (Å²) in [5.41, 5.74) is 6.03. The molecule has 5 rings (SSSR count). The fourth-order valence-electron chi connectivity index (χ4n) is 5.55. The van der Waals surface area contributed by atoms with Crippen molar-refractivity contribution < 1.29 is 19.1 Å². The lowest BCUT2D eigenvalue weighted by atomic mass is 9.60. The number of anilines is 2. The molecule has 0 saturated heterocycles. The molecular formula is C26H22Cl3N3O4. The Hall–Kier alpha value is -3.00. The number of hydrogen-bond donors (Lipinski definition) is 2. The van der Waals surface area contributed by atoms with Crippen molar-refractivity contribution in [1.82, 2.24) is 0 Å². The van der Waals surface area contributed by atoms with Gasteiger partial charge in [0.15, 0.2) is 5.78 Å². The Bertz CT molecular complexity index is 1450. The number of fused-ring (bicyclic) bond motifs is 3. The van der Waals surface area contributed by atoms with Gasteiger partial charge in [-0.3, -0.25) is 14.5 Å². The lowest BCUT2D eigenvalue weighted by molar-refractivity contribution is -0.138. The van der Waals surface area contributed by atoms with Gasteiger partial charge in [-0.2, -0.15) is 0 Å². The van der Waals surface area contributed by atoms with E-state index in [1.165, 1.54) is 7.11 Å². The second kappa shape index (κ2) is 8.26. The number of halogens is 3. The van der Waals surface area contributed by atoms with E-state index in [1.54, 1.807) is 41.3 Å². The number of benzene rings is 2. The summed E-state index contributed by atoms with van der Waals surface area (Å²) in [6.07, 6.45) is 0.527. The highest BCUT2D eigenvalue weighted by Crippen LogP contribution is 2.58. The number of amides is 1. The highest BCUT2D eigenvalue weighted by atomic mass is 35.5. The number of nitrogens with zero attached hydrogens (tertiary/aromatic N) is 1. The van der Waals surface area contributed by atoms with Crippen molar-refractivity contribution in [2.75, 3.05) is 17.3 Å². The summed E-state index contributed by atoms with van der Waals surface area (Å²) in [5.74, 6) is -1.82. The number of ketones is 1. The number of allylic oxidation sites excluding steroid dienone is 1. The normalized spacial score (nSPS) is 22.6. The van der Waals surface area contributed by atoms with Crippen LogP contribution in [0.15, 0.2) is 59.1 Å². The maximum atomic E-state index is 14.0. The standard InChI is InChI=1S/C26H22Cl3N3O4/c1-25(2)10-17-19(18(33)11-25)26(13-9-12(27)7-8-15(13)31-24(26)35)20(23(34)36-3)22(30)32(17)16-6-4-5-14(28)21(16)29/h4-9H,10-11,30H2,1-3H3,(H,31,35). The number of carbonyl (C=O) groups is 3. The maximum absolute atomic E-state index is 14.0. The van der Waals surface area contributed by atoms with E-state index in [0.717, 1.165) is 0 Å². The second-order valence-electron chi connectivity index (χ2n) is 9.82. The fraction of sp³-hybridized carbons (Fsp3) is 0.269. The van der Waals surface area contributed by atoms with Gasteiger partial charge in [0, 0.05) is 34.0 Å². The molecule has 2 heterocycles. The van der Waals surface area contributed by atoms with Gasteiger partial charge < -0.3 is 15.8 Å².